The minimum Gasteiger partial charge on any atom is -0.206 e. The Bertz CT molecular complexity index is 1330. The summed E-state index contributed by atoms with van der Waals surface area (Å²) in [5.74, 6) is 0.762. The SMILES string of the molecule is CCCCCc1ccc(-c2ccc(-c3ccc(C4=CCC(C5CCC(CCC)CC5)CC4)cc3F)cc2)c(F)c1F. The highest BCUT2D eigenvalue weighted by molar-refractivity contribution is 5.74. The van der Waals surface area contributed by atoms with Gasteiger partial charge in [0.1, 0.15) is 5.82 Å². The number of halogens is 3. The van der Waals surface area contributed by atoms with Crippen molar-refractivity contribution in [2.24, 2.45) is 17.8 Å². The first kappa shape index (κ1) is 29.7. The molecule has 0 heterocycles. The third-order valence-corrected chi connectivity index (χ3v) is 9.77. The molecular weight excluding hydrogens is 513 g/mol. The van der Waals surface area contributed by atoms with Gasteiger partial charge in [-0.05, 0) is 96.6 Å². The monoisotopic (exact) mass is 558 g/mol. The summed E-state index contributed by atoms with van der Waals surface area (Å²) in [5.41, 5.74) is 4.74. The maximum Gasteiger partial charge on any atom is 0.166 e. The van der Waals surface area contributed by atoms with Gasteiger partial charge in [-0.2, -0.15) is 0 Å². The van der Waals surface area contributed by atoms with Gasteiger partial charge < -0.3 is 0 Å². The lowest BCUT2D eigenvalue weighted by Crippen LogP contribution is -2.23. The van der Waals surface area contributed by atoms with E-state index < -0.39 is 11.6 Å². The number of rotatable bonds is 10. The maximum atomic E-state index is 15.3. The van der Waals surface area contributed by atoms with Gasteiger partial charge in [0.15, 0.2) is 11.6 Å². The van der Waals surface area contributed by atoms with E-state index in [0.29, 0.717) is 23.1 Å². The molecule has 0 bridgehead atoms. The van der Waals surface area contributed by atoms with E-state index >= 15 is 4.39 Å². The van der Waals surface area contributed by atoms with Crippen LogP contribution in [0.15, 0.2) is 60.7 Å². The van der Waals surface area contributed by atoms with Crippen molar-refractivity contribution >= 4 is 5.57 Å². The Balaban J connectivity index is 1.24. The van der Waals surface area contributed by atoms with Crippen LogP contribution in [-0.2, 0) is 6.42 Å². The van der Waals surface area contributed by atoms with Crippen LogP contribution in [0, 0.1) is 35.2 Å². The largest absolute Gasteiger partial charge is 0.206 e. The summed E-state index contributed by atoms with van der Waals surface area (Å²) >= 11 is 0. The zero-order chi connectivity index (χ0) is 28.8. The Labute approximate surface area is 245 Å². The van der Waals surface area contributed by atoms with E-state index in [2.05, 4.69) is 19.9 Å². The zero-order valence-corrected chi connectivity index (χ0v) is 24.8. The van der Waals surface area contributed by atoms with Crippen molar-refractivity contribution in [3.05, 3.63) is 89.3 Å². The van der Waals surface area contributed by atoms with E-state index in [1.54, 1.807) is 42.5 Å². The molecule has 0 spiro atoms. The van der Waals surface area contributed by atoms with Gasteiger partial charge in [-0.15, -0.1) is 0 Å². The molecule has 41 heavy (non-hydrogen) atoms. The minimum atomic E-state index is -0.811. The van der Waals surface area contributed by atoms with E-state index in [0.717, 1.165) is 61.0 Å². The first-order chi connectivity index (χ1) is 20.0. The third kappa shape index (κ3) is 6.99. The summed E-state index contributed by atoms with van der Waals surface area (Å²) in [4.78, 5) is 0. The highest BCUT2D eigenvalue weighted by atomic mass is 19.2. The van der Waals surface area contributed by atoms with E-state index in [1.807, 2.05) is 12.1 Å². The molecule has 3 aromatic rings. The summed E-state index contributed by atoms with van der Waals surface area (Å²) in [6.45, 7) is 4.39. The van der Waals surface area contributed by atoms with Crippen molar-refractivity contribution < 1.29 is 13.2 Å². The second kappa shape index (κ2) is 13.9. The lowest BCUT2D eigenvalue weighted by atomic mass is 9.70. The molecular formula is C38H45F3. The van der Waals surface area contributed by atoms with Crippen molar-refractivity contribution in [1.29, 1.82) is 0 Å². The molecule has 1 saturated carbocycles. The molecule has 5 rings (SSSR count). The molecule has 0 aromatic heterocycles. The highest BCUT2D eigenvalue weighted by Crippen LogP contribution is 2.42. The Morgan fingerprint density at radius 3 is 1.98 bits per heavy atom. The number of aryl methyl sites for hydroxylation is 1. The van der Waals surface area contributed by atoms with Crippen molar-refractivity contribution in [1.82, 2.24) is 0 Å². The van der Waals surface area contributed by atoms with Crippen LogP contribution in [0.25, 0.3) is 27.8 Å². The van der Waals surface area contributed by atoms with E-state index in [-0.39, 0.29) is 11.4 Å². The fourth-order valence-electron chi connectivity index (χ4n) is 7.25. The van der Waals surface area contributed by atoms with Gasteiger partial charge in [0.05, 0.1) is 0 Å². The van der Waals surface area contributed by atoms with E-state index in [9.17, 15) is 8.78 Å². The molecule has 2 aliphatic carbocycles. The van der Waals surface area contributed by atoms with Crippen molar-refractivity contribution in [2.45, 2.75) is 97.3 Å². The third-order valence-electron chi connectivity index (χ3n) is 9.77. The molecule has 0 radical (unpaired) electrons. The Morgan fingerprint density at radius 1 is 0.659 bits per heavy atom. The van der Waals surface area contributed by atoms with Crippen molar-refractivity contribution in [3.63, 3.8) is 0 Å². The van der Waals surface area contributed by atoms with Gasteiger partial charge in [0.25, 0.3) is 0 Å². The van der Waals surface area contributed by atoms with Crippen LogP contribution < -0.4 is 0 Å². The zero-order valence-electron chi connectivity index (χ0n) is 24.8. The summed E-state index contributed by atoms with van der Waals surface area (Å²) in [6.07, 6.45) is 17.4. The normalized spacial score (nSPS) is 21.1. The molecule has 3 heteroatoms. The van der Waals surface area contributed by atoms with Crippen LogP contribution in [-0.4, -0.2) is 0 Å². The molecule has 0 N–H and O–H groups in total. The maximum absolute atomic E-state index is 15.3. The van der Waals surface area contributed by atoms with Crippen LogP contribution in [0.2, 0.25) is 0 Å². The molecule has 3 aromatic carbocycles. The molecule has 218 valence electrons. The highest BCUT2D eigenvalue weighted by Gasteiger charge is 2.28. The summed E-state index contributed by atoms with van der Waals surface area (Å²) in [5, 5.41) is 0. The molecule has 1 unspecified atom stereocenters. The standard InChI is InChI=1S/C38H45F3/c1-3-5-6-8-32-21-24-35(38(41)37(32)40)31-19-17-30(18-20-31)34-23-22-33(25-36(34)39)29-15-13-28(14-16-29)27-11-9-26(7-4-2)10-12-27/h15,17-28H,3-14,16H2,1-2H3. The van der Waals surface area contributed by atoms with Gasteiger partial charge in [-0.1, -0.05) is 107 Å². The lowest BCUT2D eigenvalue weighted by molar-refractivity contribution is 0.189. The van der Waals surface area contributed by atoms with E-state index in [4.69, 9.17) is 0 Å². The number of hydrogen-bond acceptors (Lipinski definition) is 0. The number of benzene rings is 3. The first-order valence-corrected chi connectivity index (χ1v) is 16.0. The van der Waals surface area contributed by atoms with Crippen LogP contribution in [0.5, 0.6) is 0 Å². The van der Waals surface area contributed by atoms with Gasteiger partial charge in [0.2, 0.25) is 0 Å². The molecule has 0 aliphatic heterocycles. The van der Waals surface area contributed by atoms with Crippen molar-refractivity contribution in [2.75, 3.05) is 0 Å². The van der Waals surface area contributed by atoms with Crippen molar-refractivity contribution in [3.8, 4) is 22.3 Å². The Morgan fingerprint density at radius 2 is 1.34 bits per heavy atom. The van der Waals surface area contributed by atoms with Gasteiger partial charge >= 0.3 is 0 Å². The first-order valence-electron chi connectivity index (χ1n) is 16.0. The summed E-state index contributed by atoms with van der Waals surface area (Å²) in [6, 6.07) is 16.0. The fraction of sp³-hybridized carbons (Fsp3) is 0.474. The van der Waals surface area contributed by atoms with Gasteiger partial charge in [-0.25, -0.2) is 13.2 Å². The quantitative estimate of drug-likeness (QED) is 0.217. The van der Waals surface area contributed by atoms with Crippen LogP contribution in [0.1, 0.15) is 102 Å². The number of allylic oxidation sites excluding steroid dienone is 2. The summed E-state index contributed by atoms with van der Waals surface area (Å²) < 4.78 is 44.9. The van der Waals surface area contributed by atoms with Crippen LogP contribution >= 0.6 is 0 Å². The topological polar surface area (TPSA) is 0 Å². The fourth-order valence-corrected chi connectivity index (χ4v) is 7.25. The van der Waals surface area contributed by atoms with Gasteiger partial charge in [-0.3, -0.25) is 0 Å². The van der Waals surface area contributed by atoms with Gasteiger partial charge in [0, 0.05) is 11.1 Å². The predicted octanol–water partition coefficient (Wildman–Crippen LogP) is 12.0. The number of hydrogen-bond donors (Lipinski definition) is 0. The van der Waals surface area contributed by atoms with E-state index in [1.165, 1.54) is 50.5 Å². The summed E-state index contributed by atoms with van der Waals surface area (Å²) in [7, 11) is 0. The minimum absolute atomic E-state index is 0.237. The smallest absolute Gasteiger partial charge is 0.166 e. The number of unbranched alkanes of at least 4 members (excludes halogenated alkanes) is 2. The second-order valence-corrected chi connectivity index (χ2v) is 12.5. The second-order valence-electron chi connectivity index (χ2n) is 12.5. The molecule has 0 saturated heterocycles. The predicted molar refractivity (Wildman–Crippen MR) is 166 cm³/mol. The Hall–Kier alpha value is -2.81. The lowest BCUT2D eigenvalue weighted by Gasteiger charge is -2.35. The molecule has 2 aliphatic rings. The molecule has 0 nitrogen and oxygen atoms in total. The molecule has 1 fully saturated rings. The average molecular weight is 559 g/mol. The molecule has 0 amide bonds. The average Bonchev–Trinajstić information content (AvgIpc) is 3.00. The van der Waals surface area contributed by atoms with Crippen LogP contribution in [0.4, 0.5) is 13.2 Å². The van der Waals surface area contributed by atoms with Crippen LogP contribution in [0.3, 0.4) is 0 Å². The molecule has 1 atom stereocenters. The Kier molecular flexibility index (Phi) is 10.1.